The SMILES string of the molecule is CC[C@H](C)c1ccc(S(=O)(=O)NC(C)(C)C(N)=O)cc1. The Bertz CT molecular complexity index is 577. The average Bonchev–Trinajstić information content (AvgIpc) is 2.36. The van der Waals surface area contributed by atoms with Crippen LogP contribution in [0.1, 0.15) is 45.6 Å². The number of amides is 1. The number of carbonyl (C=O) groups excluding carboxylic acids is 1. The monoisotopic (exact) mass is 298 g/mol. The second-order valence-corrected chi connectivity index (χ2v) is 7.16. The van der Waals surface area contributed by atoms with Crippen molar-refractivity contribution in [2.45, 2.75) is 50.5 Å². The Labute approximate surface area is 120 Å². The fraction of sp³-hybridized carbons (Fsp3) is 0.500. The van der Waals surface area contributed by atoms with Crippen molar-refractivity contribution in [1.29, 1.82) is 0 Å². The average molecular weight is 298 g/mol. The third-order valence-electron chi connectivity index (χ3n) is 3.38. The number of hydrogen-bond donors (Lipinski definition) is 2. The molecule has 1 rings (SSSR count). The number of nitrogens with two attached hydrogens (primary N) is 1. The smallest absolute Gasteiger partial charge is 0.241 e. The Hall–Kier alpha value is -1.40. The van der Waals surface area contributed by atoms with E-state index in [1.165, 1.54) is 13.8 Å². The molecular formula is C14H22N2O3S. The Kier molecular flexibility index (Phi) is 4.94. The minimum atomic E-state index is -3.76. The van der Waals surface area contributed by atoms with Gasteiger partial charge in [0.25, 0.3) is 0 Å². The summed E-state index contributed by atoms with van der Waals surface area (Å²) in [6.07, 6.45) is 0.985. The van der Waals surface area contributed by atoms with Gasteiger partial charge in [0.2, 0.25) is 15.9 Å². The van der Waals surface area contributed by atoms with Crippen LogP contribution in [0.15, 0.2) is 29.2 Å². The lowest BCUT2D eigenvalue weighted by Crippen LogP contribution is -2.52. The van der Waals surface area contributed by atoms with Gasteiger partial charge in [0.1, 0.15) is 5.54 Å². The second-order valence-electron chi connectivity index (χ2n) is 5.47. The molecule has 0 aromatic heterocycles. The number of nitrogens with one attached hydrogen (secondary N) is 1. The predicted molar refractivity (Wildman–Crippen MR) is 78.7 cm³/mol. The van der Waals surface area contributed by atoms with Crippen molar-refractivity contribution >= 4 is 15.9 Å². The maximum absolute atomic E-state index is 12.2. The molecule has 0 radical (unpaired) electrons. The van der Waals surface area contributed by atoms with Gasteiger partial charge in [-0.2, -0.15) is 4.72 Å². The van der Waals surface area contributed by atoms with E-state index in [1.54, 1.807) is 24.3 Å². The summed E-state index contributed by atoms with van der Waals surface area (Å²) in [4.78, 5) is 11.3. The van der Waals surface area contributed by atoms with Gasteiger partial charge >= 0.3 is 0 Å². The highest BCUT2D eigenvalue weighted by molar-refractivity contribution is 7.89. The first-order valence-corrected chi connectivity index (χ1v) is 8.02. The van der Waals surface area contributed by atoms with Crippen molar-refractivity contribution in [1.82, 2.24) is 4.72 Å². The van der Waals surface area contributed by atoms with Crippen molar-refractivity contribution in [3.63, 3.8) is 0 Å². The molecule has 6 heteroatoms. The number of sulfonamides is 1. The Morgan fingerprint density at radius 2 is 1.80 bits per heavy atom. The number of primary amides is 1. The van der Waals surface area contributed by atoms with E-state index < -0.39 is 21.5 Å². The largest absolute Gasteiger partial charge is 0.368 e. The zero-order valence-corrected chi connectivity index (χ0v) is 13.1. The molecule has 0 bridgehead atoms. The van der Waals surface area contributed by atoms with Gasteiger partial charge in [0, 0.05) is 0 Å². The van der Waals surface area contributed by atoms with E-state index in [2.05, 4.69) is 18.6 Å². The molecule has 20 heavy (non-hydrogen) atoms. The molecule has 1 amide bonds. The van der Waals surface area contributed by atoms with Gasteiger partial charge < -0.3 is 5.73 Å². The first-order chi connectivity index (χ1) is 9.10. The third kappa shape index (κ3) is 3.80. The maximum atomic E-state index is 12.2. The van der Waals surface area contributed by atoms with Gasteiger partial charge in [-0.1, -0.05) is 26.0 Å². The quantitative estimate of drug-likeness (QED) is 0.838. The Balaban J connectivity index is 3.02. The summed E-state index contributed by atoms with van der Waals surface area (Å²) < 4.78 is 26.7. The minimum Gasteiger partial charge on any atom is -0.368 e. The van der Waals surface area contributed by atoms with Crippen molar-refractivity contribution in [3.05, 3.63) is 29.8 Å². The fourth-order valence-corrected chi connectivity index (χ4v) is 3.04. The number of hydrogen-bond acceptors (Lipinski definition) is 3. The van der Waals surface area contributed by atoms with E-state index in [4.69, 9.17) is 5.73 Å². The number of rotatable bonds is 6. The molecule has 0 aliphatic carbocycles. The van der Waals surface area contributed by atoms with Crippen LogP contribution in [0.25, 0.3) is 0 Å². The van der Waals surface area contributed by atoms with Gasteiger partial charge in [-0.15, -0.1) is 0 Å². The van der Waals surface area contributed by atoms with Crippen LogP contribution in [0.2, 0.25) is 0 Å². The molecule has 1 aromatic rings. The normalized spacial score (nSPS) is 14.0. The fourth-order valence-electron chi connectivity index (χ4n) is 1.66. The standard InChI is InChI=1S/C14H22N2O3S/c1-5-10(2)11-6-8-12(9-7-11)20(18,19)16-14(3,4)13(15)17/h6-10,16H,5H2,1-4H3,(H2,15,17)/t10-/m0/s1. The Morgan fingerprint density at radius 3 is 2.20 bits per heavy atom. The summed E-state index contributed by atoms with van der Waals surface area (Å²) >= 11 is 0. The van der Waals surface area contributed by atoms with Gasteiger partial charge in [-0.05, 0) is 43.9 Å². The highest BCUT2D eigenvalue weighted by Crippen LogP contribution is 2.21. The molecule has 0 aliphatic rings. The van der Waals surface area contributed by atoms with E-state index in [-0.39, 0.29) is 4.90 Å². The molecule has 0 heterocycles. The lowest BCUT2D eigenvalue weighted by Gasteiger charge is -2.22. The second kappa shape index (κ2) is 5.93. The van der Waals surface area contributed by atoms with Crippen LogP contribution in [-0.4, -0.2) is 19.9 Å². The van der Waals surface area contributed by atoms with Gasteiger partial charge in [0.15, 0.2) is 0 Å². The van der Waals surface area contributed by atoms with Crippen molar-refractivity contribution in [2.75, 3.05) is 0 Å². The van der Waals surface area contributed by atoms with Crippen molar-refractivity contribution in [2.24, 2.45) is 5.73 Å². The van der Waals surface area contributed by atoms with E-state index in [9.17, 15) is 13.2 Å². The summed E-state index contributed by atoms with van der Waals surface area (Å²) in [5, 5.41) is 0. The van der Waals surface area contributed by atoms with Crippen LogP contribution in [0.3, 0.4) is 0 Å². The summed E-state index contributed by atoms with van der Waals surface area (Å²) in [7, 11) is -3.76. The van der Waals surface area contributed by atoms with Crippen LogP contribution in [0.5, 0.6) is 0 Å². The molecule has 5 nitrogen and oxygen atoms in total. The van der Waals surface area contributed by atoms with Crippen LogP contribution < -0.4 is 10.5 Å². The zero-order valence-electron chi connectivity index (χ0n) is 12.3. The molecule has 0 saturated heterocycles. The first kappa shape index (κ1) is 16.7. The van der Waals surface area contributed by atoms with Gasteiger partial charge in [0.05, 0.1) is 4.90 Å². The summed E-state index contributed by atoms with van der Waals surface area (Å²) in [6, 6.07) is 6.67. The zero-order chi connectivity index (χ0) is 15.6. The number of benzene rings is 1. The van der Waals surface area contributed by atoms with Crippen molar-refractivity contribution in [3.8, 4) is 0 Å². The molecule has 0 unspecified atom stereocenters. The van der Waals surface area contributed by atoms with E-state index in [1.807, 2.05) is 0 Å². The maximum Gasteiger partial charge on any atom is 0.241 e. The third-order valence-corrected chi connectivity index (χ3v) is 5.05. The highest BCUT2D eigenvalue weighted by Gasteiger charge is 2.31. The van der Waals surface area contributed by atoms with Gasteiger partial charge in [-0.25, -0.2) is 8.42 Å². The summed E-state index contributed by atoms with van der Waals surface area (Å²) in [5.74, 6) is -0.348. The van der Waals surface area contributed by atoms with E-state index in [0.29, 0.717) is 5.92 Å². The summed E-state index contributed by atoms with van der Waals surface area (Å²) in [5.41, 5.74) is 4.93. The van der Waals surface area contributed by atoms with Gasteiger partial charge in [-0.3, -0.25) is 4.79 Å². The topological polar surface area (TPSA) is 89.3 Å². The van der Waals surface area contributed by atoms with Crippen LogP contribution in [0, 0.1) is 0 Å². The first-order valence-electron chi connectivity index (χ1n) is 6.54. The van der Waals surface area contributed by atoms with E-state index >= 15 is 0 Å². The molecule has 1 aromatic carbocycles. The highest BCUT2D eigenvalue weighted by atomic mass is 32.2. The number of carbonyl (C=O) groups is 1. The Morgan fingerprint density at radius 1 is 1.30 bits per heavy atom. The molecule has 3 N–H and O–H groups in total. The van der Waals surface area contributed by atoms with E-state index in [0.717, 1.165) is 12.0 Å². The lowest BCUT2D eigenvalue weighted by molar-refractivity contribution is -0.122. The molecule has 0 saturated carbocycles. The van der Waals surface area contributed by atoms with Crippen LogP contribution in [0.4, 0.5) is 0 Å². The predicted octanol–water partition coefficient (Wildman–Crippen LogP) is 1.74. The molecule has 112 valence electrons. The summed E-state index contributed by atoms with van der Waals surface area (Å²) in [6.45, 7) is 7.02. The molecule has 0 fully saturated rings. The van der Waals surface area contributed by atoms with Crippen LogP contribution in [-0.2, 0) is 14.8 Å². The lowest BCUT2D eigenvalue weighted by atomic mass is 9.99. The molecule has 1 atom stereocenters. The molecular weight excluding hydrogens is 276 g/mol. The van der Waals surface area contributed by atoms with Crippen molar-refractivity contribution < 1.29 is 13.2 Å². The van der Waals surface area contributed by atoms with Crippen LogP contribution >= 0.6 is 0 Å². The molecule has 0 aliphatic heterocycles. The minimum absolute atomic E-state index is 0.124. The molecule has 0 spiro atoms.